The number of hydrogen-bond acceptors (Lipinski definition) is 4. The van der Waals surface area contributed by atoms with E-state index in [1.54, 1.807) is 0 Å². The number of guanidine groups is 1. The van der Waals surface area contributed by atoms with Crippen molar-refractivity contribution >= 4 is 5.96 Å². The topological polar surface area (TPSA) is 56.6 Å². The Morgan fingerprint density at radius 2 is 2.58 bits per heavy atom. The van der Waals surface area contributed by atoms with Crippen molar-refractivity contribution in [3.8, 4) is 0 Å². The van der Waals surface area contributed by atoms with Gasteiger partial charge in [0.1, 0.15) is 0 Å². The van der Waals surface area contributed by atoms with Crippen LogP contribution in [0.2, 0.25) is 0 Å². The highest BCUT2D eigenvalue weighted by molar-refractivity contribution is 5.81. The van der Waals surface area contributed by atoms with Crippen molar-refractivity contribution < 1.29 is 5.11 Å². The summed E-state index contributed by atoms with van der Waals surface area (Å²) < 4.78 is 0. The number of hydrogen-bond donors (Lipinski definition) is 3. The maximum absolute atomic E-state index is 9.36. The Morgan fingerprint density at radius 1 is 1.75 bits per heavy atom. The fraction of sp³-hybridized carbons (Fsp3) is 0.875. The van der Waals surface area contributed by atoms with Gasteiger partial charge in [-0.25, -0.2) is 0 Å². The first-order valence-electron chi connectivity index (χ1n) is 4.53. The van der Waals surface area contributed by atoms with Crippen molar-refractivity contribution in [2.75, 3.05) is 19.6 Å². The number of nitrogens with one attached hydrogen (secondary N) is 2. The lowest BCUT2D eigenvalue weighted by Gasteiger charge is -2.11. The minimum absolute atomic E-state index is 0.250. The van der Waals surface area contributed by atoms with E-state index in [1.165, 1.54) is 0 Å². The molecular weight excluding hydrogens is 154 g/mol. The lowest BCUT2D eigenvalue weighted by molar-refractivity contribution is 0.166. The van der Waals surface area contributed by atoms with Crippen LogP contribution in [-0.4, -0.2) is 36.8 Å². The standard InChI is InChI=1S/C8H17N3O/c1-2-3-7(12)6-11-8-9-4-5-10-8/h7,12H,2-6H2,1H3,(H2,9,10,11). The number of rotatable bonds is 4. The van der Waals surface area contributed by atoms with E-state index in [0.717, 1.165) is 31.9 Å². The van der Waals surface area contributed by atoms with Crippen LogP contribution >= 0.6 is 0 Å². The molecule has 0 radical (unpaired) electrons. The normalized spacial score (nSPS) is 18.3. The molecule has 0 saturated carbocycles. The molecule has 3 N–H and O–H groups in total. The third-order valence-electron chi connectivity index (χ3n) is 1.80. The molecule has 1 atom stereocenters. The van der Waals surface area contributed by atoms with Gasteiger partial charge in [-0.05, 0) is 6.42 Å². The van der Waals surface area contributed by atoms with Gasteiger partial charge >= 0.3 is 0 Å². The molecule has 0 fully saturated rings. The molecule has 1 unspecified atom stereocenters. The Kier molecular flexibility index (Phi) is 3.87. The molecule has 1 rings (SSSR count). The average molecular weight is 171 g/mol. The maximum atomic E-state index is 9.36. The maximum Gasteiger partial charge on any atom is 0.191 e. The zero-order valence-electron chi connectivity index (χ0n) is 7.51. The Bertz CT molecular complexity index is 158. The first kappa shape index (κ1) is 9.32. The summed E-state index contributed by atoms with van der Waals surface area (Å²) in [6, 6.07) is 0. The second-order valence-electron chi connectivity index (χ2n) is 2.98. The summed E-state index contributed by atoms with van der Waals surface area (Å²) in [5.74, 6) is 0.824. The van der Waals surface area contributed by atoms with E-state index in [0.29, 0.717) is 6.54 Å². The molecule has 1 aliphatic rings. The van der Waals surface area contributed by atoms with Crippen LogP contribution in [0.25, 0.3) is 0 Å². The third kappa shape index (κ3) is 3.09. The first-order chi connectivity index (χ1) is 5.83. The van der Waals surface area contributed by atoms with Gasteiger partial charge in [0, 0.05) is 13.1 Å². The summed E-state index contributed by atoms with van der Waals surface area (Å²) in [4.78, 5) is 4.15. The number of aliphatic imine (C=N–C) groups is 1. The highest BCUT2D eigenvalue weighted by Gasteiger charge is 2.06. The van der Waals surface area contributed by atoms with E-state index in [1.807, 2.05) is 0 Å². The smallest absolute Gasteiger partial charge is 0.191 e. The molecule has 70 valence electrons. The second-order valence-corrected chi connectivity index (χ2v) is 2.98. The van der Waals surface area contributed by atoms with Gasteiger partial charge < -0.3 is 15.7 Å². The molecular formula is C8H17N3O. The monoisotopic (exact) mass is 171 g/mol. The number of nitrogens with zero attached hydrogens (tertiary/aromatic N) is 1. The fourth-order valence-electron chi connectivity index (χ4n) is 1.17. The summed E-state index contributed by atoms with van der Waals surface area (Å²) in [6.07, 6.45) is 1.61. The minimum atomic E-state index is -0.250. The molecule has 4 heteroatoms. The molecule has 0 saturated heterocycles. The molecule has 1 aliphatic heterocycles. The van der Waals surface area contributed by atoms with Gasteiger partial charge in [-0.2, -0.15) is 0 Å². The van der Waals surface area contributed by atoms with Crippen LogP contribution in [0.3, 0.4) is 0 Å². The molecule has 0 aliphatic carbocycles. The Hall–Kier alpha value is -0.770. The third-order valence-corrected chi connectivity index (χ3v) is 1.80. The molecule has 0 aromatic rings. The van der Waals surface area contributed by atoms with Crippen molar-refractivity contribution in [1.29, 1.82) is 0 Å². The lowest BCUT2D eigenvalue weighted by atomic mass is 10.2. The minimum Gasteiger partial charge on any atom is -0.391 e. The Labute approximate surface area is 73.1 Å². The largest absolute Gasteiger partial charge is 0.391 e. The van der Waals surface area contributed by atoms with Gasteiger partial charge in [0.25, 0.3) is 0 Å². The molecule has 4 nitrogen and oxygen atoms in total. The molecule has 0 spiro atoms. The predicted octanol–water partition coefficient (Wildman–Crippen LogP) is -0.304. The summed E-state index contributed by atoms with van der Waals surface area (Å²) in [6.45, 7) is 4.41. The van der Waals surface area contributed by atoms with Gasteiger partial charge in [0.2, 0.25) is 0 Å². The Morgan fingerprint density at radius 3 is 3.17 bits per heavy atom. The first-order valence-corrected chi connectivity index (χ1v) is 4.53. The predicted molar refractivity (Wildman–Crippen MR) is 49.2 cm³/mol. The summed E-state index contributed by atoms with van der Waals surface area (Å²) in [5.41, 5.74) is 0. The van der Waals surface area contributed by atoms with Gasteiger partial charge in [-0.1, -0.05) is 13.3 Å². The highest BCUT2D eigenvalue weighted by atomic mass is 16.3. The van der Waals surface area contributed by atoms with Crippen LogP contribution < -0.4 is 10.6 Å². The van der Waals surface area contributed by atoms with E-state index in [2.05, 4.69) is 22.5 Å². The molecule has 0 aromatic carbocycles. The molecule has 1 heterocycles. The van der Waals surface area contributed by atoms with Crippen LogP contribution in [0.15, 0.2) is 4.99 Å². The second kappa shape index (κ2) is 4.98. The Balaban J connectivity index is 2.07. The summed E-state index contributed by atoms with van der Waals surface area (Å²) >= 11 is 0. The van der Waals surface area contributed by atoms with Crippen LogP contribution in [0, 0.1) is 0 Å². The molecule has 0 aromatic heterocycles. The molecule has 0 amide bonds. The van der Waals surface area contributed by atoms with Gasteiger partial charge in [0.15, 0.2) is 5.96 Å². The van der Waals surface area contributed by atoms with Crippen LogP contribution in [0.1, 0.15) is 19.8 Å². The summed E-state index contributed by atoms with van der Waals surface area (Å²) in [5, 5.41) is 15.5. The van der Waals surface area contributed by atoms with E-state index >= 15 is 0 Å². The van der Waals surface area contributed by atoms with Crippen LogP contribution in [0.5, 0.6) is 0 Å². The van der Waals surface area contributed by atoms with Crippen molar-refractivity contribution in [3.63, 3.8) is 0 Å². The van der Waals surface area contributed by atoms with Gasteiger partial charge in [-0.15, -0.1) is 0 Å². The average Bonchev–Trinajstić information content (AvgIpc) is 2.53. The van der Waals surface area contributed by atoms with Crippen LogP contribution in [-0.2, 0) is 0 Å². The quantitative estimate of drug-likeness (QED) is 0.544. The van der Waals surface area contributed by atoms with Crippen molar-refractivity contribution in [2.45, 2.75) is 25.9 Å². The van der Waals surface area contributed by atoms with Gasteiger partial charge in [-0.3, -0.25) is 4.99 Å². The SMILES string of the molecule is CCCC(O)CNC1=NCCN1. The molecule has 12 heavy (non-hydrogen) atoms. The van der Waals surface area contributed by atoms with Crippen LogP contribution in [0.4, 0.5) is 0 Å². The van der Waals surface area contributed by atoms with E-state index in [9.17, 15) is 5.11 Å². The van der Waals surface area contributed by atoms with Crippen molar-refractivity contribution in [3.05, 3.63) is 0 Å². The molecule has 0 bridgehead atoms. The lowest BCUT2D eigenvalue weighted by Crippen LogP contribution is -2.38. The van der Waals surface area contributed by atoms with Crippen molar-refractivity contribution in [2.24, 2.45) is 4.99 Å². The fourth-order valence-corrected chi connectivity index (χ4v) is 1.17. The number of aliphatic hydroxyl groups is 1. The zero-order chi connectivity index (χ0) is 8.81. The number of aliphatic hydroxyl groups excluding tert-OH is 1. The highest BCUT2D eigenvalue weighted by Crippen LogP contribution is 1.93. The van der Waals surface area contributed by atoms with Gasteiger partial charge in [0.05, 0.1) is 12.6 Å². The zero-order valence-corrected chi connectivity index (χ0v) is 7.51. The van der Waals surface area contributed by atoms with E-state index in [-0.39, 0.29) is 6.10 Å². The van der Waals surface area contributed by atoms with E-state index in [4.69, 9.17) is 0 Å². The summed E-state index contributed by atoms with van der Waals surface area (Å²) in [7, 11) is 0. The van der Waals surface area contributed by atoms with Crippen molar-refractivity contribution in [1.82, 2.24) is 10.6 Å². The van der Waals surface area contributed by atoms with E-state index < -0.39 is 0 Å².